The van der Waals surface area contributed by atoms with E-state index < -0.39 is 30.1 Å². The quantitative estimate of drug-likeness (QED) is 0.329. The van der Waals surface area contributed by atoms with E-state index in [9.17, 15) is 19.2 Å². The summed E-state index contributed by atoms with van der Waals surface area (Å²) in [5.41, 5.74) is 1.80. The first kappa shape index (κ1) is 31.2. The van der Waals surface area contributed by atoms with E-state index in [2.05, 4.69) is 21.3 Å². The average Bonchev–Trinajstić information content (AvgIpc) is 3.54. The molecular formula is C33H45N5O4. The molecule has 4 N–H and O–H groups in total. The van der Waals surface area contributed by atoms with Gasteiger partial charge in [-0.05, 0) is 56.7 Å². The summed E-state index contributed by atoms with van der Waals surface area (Å²) in [6.07, 6.45) is 6.06. The molecule has 4 rings (SSSR count). The van der Waals surface area contributed by atoms with E-state index in [0.29, 0.717) is 19.4 Å². The van der Waals surface area contributed by atoms with Crippen molar-refractivity contribution < 1.29 is 19.2 Å². The Balaban J connectivity index is 1.59. The molecule has 1 saturated heterocycles. The van der Waals surface area contributed by atoms with E-state index in [1.807, 2.05) is 60.7 Å². The van der Waals surface area contributed by atoms with Crippen LogP contribution in [-0.2, 0) is 19.2 Å². The minimum Gasteiger partial charge on any atom is -0.357 e. The molecule has 2 aromatic rings. The zero-order valence-electron chi connectivity index (χ0n) is 25.0. The van der Waals surface area contributed by atoms with Crippen LogP contribution in [0.1, 0.15) is 68.9 Å². The molecule has 2 unspecified atom stereocenters. The SMILES string of the molecule is CNC(=O)[C@@H](NC(=O)C1CCCN1C(=O)C(NC(=O)[C@H](C)NC)C1CCCCC1)C(c1ccccc1)c1ccccc1. The Morgan fingerprint density at radius 3 is 1.90 bits per heavy atom. The number of benzene rings is 2. The Kier molecular flexibility index (Phi) is 11.1. The van der Waals surface area contributed by atoms with Crippen LogP contribution in [0.15, 0.2) is 60.7 Å². The molecule has 9 heteroatoms. The molecule has 2 aromatic carbocycles. The number of likely N-dealkylation sites (tertiary alicyclic amines) is 1. The standard InChI is InChI=1S/C33H45N5O4/c1-22(34-2)30(39)36-28(25-18-11-6-12-19-25)33(42)38-21-13-20-26(38)31(40)37-29(32(41)35-3)27(23-14-7-4-8-15-23)24-16-9-5-10-17-24/h4-5,7-10,14-17,22,25-29,34H,6,11-13,18-21H2,1-3H3,(H,35,41)(H,36,39)(H,37,40)/t22-,26?,28?,29-/m0/s1. The summed E-state index contributed by atoms with van der Waals surface area (Å²) in [5.74, 6) is -1.51. The summed E-state index contributed by atoms with van der Waals surface area (Å²) < 4.78 is 0. The lowest BCUT2D eigenvalue weighted by Crippen LogP contribution is -2.59. The zero-order chi connectivity index (χ0) is 30.1. The molecule has 226 valence electrons. The number of carbonyl (C=O) groups is 4. The van der Waals surface area contributed by atoms with Gasteiger partial charge in [0, 0.05) is 19.5 Å². The van der Waals surface area contributed by atoms with Gasteiger partial charge >= 0.3 is 0 Å². The van der Waals surface area contributed by atoms with Gasteiger partial charge in [0.15, 0.2) is 0 Å². The molecule has 42 heavy (non-hydrogen) atoms. The Hall–Kier alpha value is -3.72. The molecule has 2 aliphatic rings. The van der Waals surface area contributed by atoms with Crippen LogP contribution in [0.25, 0.3) is 0 Å². The first-order valence-electron chi connectivity index (χ1n) is 15.3. The minimum atomic E-state index is -0.893. The highest BCUT2D eigenvalue weighted by Gasteiger charge is 2.42. The second kappa shape index (κ2) is 15.0. The number of rotatable bonds is 11. The van der Waals surface area contributed by atoms with Crippen molar-refractivity contribution in [2.75, 3.05) is 20.6 Å². The molecule has 4 atom stereocenters. The number of likely N-dealkylation sites (N-methyl/N-ethyl adjacent to an activating group) is 2. The largest absolute Gasteiger partial charge is 0.357 e. The van der Waals surface area contributed by atoms with Gasteiger partial charge in [-0.25, -0.2) is 0 Å². The third-order valence-corrected chi connectivity index (χ3v) is 8.83. The van der Waals surface area contributed by atoms with Gasteiger partial charge in [0.05, 0.1) is 6.04 Å². The Morgan fingerprint density at radius 1 is 0.762 bits per heavy atom. The van der Waals surface area contributed by atoms with E-state index >= 15 is 0 Å². The molecule has 0 radical (unpaired) electrons. The molecule has 0 bridgehead atoms. The summed E-state index contributed by atoms with van der Waals surface area (Å²) in [6.45, 7) is 2.20. The van der Waals surface area contributed by atoms with Gasteiger partial charge in [-0.1, -0.05) is 79.9 Å². The van der Waals surface area contributed by atoms with E-state index in [0.717, 1.165) is 43.2 Å². The van der Waals surface area contributed by atoms with Gasteiger partial charge in [0.2, 0.25) is 23.6 Å². The van der Waals surface area contributed by atoms with Crippen molar-refractivity contribution >= 4 is 23.6 Å². The lowest BCUT2D eigenvalue weighted by molar-refractivity contribution is -0.143. The third kappa shape index (κ3) is 7.37. The molecule has 1 saturated carbocycles. The van der Waals surface area contributed by atoms with Crippen LogP contribution in [0, 0.1) is 5.92 Å². The van der Waals surface area contributed by atoms with Crippen molar-refractivity contribution in [2.24, 2.45) is 5.92 Å². The van der Waals surface area contributed by atoms with E-state index in [4.69, 9.17) is 0 Å². The molecule has 0 spiro atoms. The first-order chi connectivity index (χ1) is 20.3. The number of nitrogens with zero attached hydrogens (tertiary/aromatic N) is 1. The molecule has 1 heterocycles. The van der Waals surface area contributed by atoms with Crippen LogP contribution in [0.2, 0.25) is 0 Å². The topological polar surface area (TPSA) is 120 Å². The van der Waals surface area contributed by atoms with Crippen molar-refractivity contribution in [2.45, 2.75) is 82.0 Å². The van der Waals surface area contributed by atoms with Gasteiger partial charge in [-0.15, -0.1) is 0 Å². The summed E-state index contributed by atoms with van der Waals surface area (Å²) >= 11 is 0. The summed E-state index contributed by atoms with van der Waals surface area (Å²) in [4.78, 5) is 55.9. The molecular weight excluding hydrogens is 530 g/mol. The Labute approximate surface area is 249 Å². The fourth-order valence-electron chi connectivity index (χ4n) is 6.34. The molecule has 9 nitrogen and oxygen atoms in total. The summed E-state index contributed by atoms with van der Waals surface area (Å²) in [6, 6.07) is 16.6. The number of hydrogen-bond donors (Lipinski definition) is 4. The maximum absolute atomic E-state index is 14.1. The van der Waals surface area contributed by atoms with Crippen LogP contribution in [-0.4, -0.2) is 73.3 Å². The normalized spacial score (nSPS) is 19.5. The Morgan fingerprint density at radius 2 is 1.36 bits per heavy atom. The maximum atomic E-state index is 14.1. The van der Waals surface area contributed by atoms with E-state index in [1.54, 1.807) is 25.9 Å². The highest BCUT2D eigenvalue weighted by atomic mass is 16.2. The molecule has 1 aliphatic carbocycles. The molecule has 4 amide bonds. The van der Waals surface area contributed by atoms with E-state index in [-0.39, 0.29) is 29.5 Å². The Bertz CT molecular complexity index is 1160. The predicted molar refractivity (Wildman–Crippen MR) is 162 cm³/mol. The van der Waals surface area contributed by atoms with Crippen LogP contribution in [0.3, 0.4) is 0 Å². The molecule has 2 fully saturated rings. The van der Waals surface area contributed by atoms with Crippen molar-refractivity contribution in [1.82, 2.24) is 26.2 Å². The van der Waals surface area contributed by atoms with Gasteiger partial charge in [-0.2, -0.15) is 0 Å². The van der Waals surface area contributed by atoms with Crippen molar-refractivity contribution in [3.8, 4) is 0 Å². The van der Waals surface area contributed by atoms with Crippen molar-refractivity contribution in [3.63, 3.8) is 0 Å². The van der Waals surface area contributed by atoms with Crippen LogP contribution < -0.4 is 21.3 Å². The van der Waals surface area contributed by atoms with Gasteiger partial charge in [0.25, 0.3) is 0 Å². The number of carbonyl (C=O) groups excluding carboxylic acids is 4. The molecule has 1 aliphatic heterocycles. The fourth-order valence-corrected chi connectivity index (χ4v) is 6.34. The van der Waals surface area contributed by atoms with Crippen LogP contribution in [0.4, 0.5) is 0 Å². The maximum Gasteiger partial charge on any atom is 0.246 e. The highest BCUT2D eigenvalue weighted by Crippen LogP contribution is 2.31. The number of nitrogens with one attached hydrogen (secondary N) is 4. The third-order valence-electron chi connectivity index (χ3n) is 8.83. The second-order valence-electron chi connectivity index (χ2n) is 11.5. The summed E-state index contributed by atoms with van der Waals surface area (Å²) in [5, 5.41) is 11.7. The van der Waals surface area contributed by atoms with Crippen LogP contribution >= 0.6 is 0 Å². The lowest BCUT2D eigenvalue weighted by Gasteiger charge is -2.36. The summed E-state index contributed by atoms with van der Waals surface area (Å²) in [7, 11) is 3.27. The van der Waals surface area contributed by atoms with Crippen LogP contribution in [0.5, 0.6) is 0 Å². The predicted octanol–water partition coefficient (Wildman–Crippen LogP) is 2.71. The fraction of sp³-hybridized carbons (Fsp3) is 0.515. The first-order valence-corrected chi connectivity index (χ1v) is 15.3. The lowest BCUT2D eigenvalue weighted by atomic mass is 9.83. The minimum absolute atomic E-state index is 0.0303. The second-order valence-corrected chi connectivity index (χ2v) is 11.5. The smallest absolute Gasteiger partial charge is 0.246 e. The average molecular weight is 576 g/mol. The highest BCUT2D eigenvalue weighted by molar-refractivity contribution is 5.95. The van der Waals surface area contributed by atoms with Crippen molar-refractivity contribution in [1.29, 1.82) is 0 Å². The van der Waals surface area contributed by atoms with Gasteiger partial charge in [-0.3, -0.25) is 19.2 Å². The number of amides is 4. The van der Waals surface area contributed by atoms with E-state index in [1.165, 1.54) is 0 Å². The van der Waals surface area contributed by atoms with Gasteiger partial charge < -0.3 is 26.2 Å². The van der Waals surface area contributed by atoms with Gasteiger partial charge in [0.1, 0.15) is 18.1 Å². The van der Waals surface area contributed by atoms with Crippen molar-refractivity contribution in [3.05, 3.63) is 71.8 Å². The zero-order valence-corrected chi connectivity index (χ0v) is 25.0. The number of hydrogen-bond acceptors (Lipinski definition) is 5. The monoisotopic (exact) mass is 575 g/mol. The molecule has 0 aromatic heterocycles.